The maximum Gasteiger partial charge on any atom is 0.418 e. The largest absolute Gasteiger partial charge is 0.418 e. The Bertz CT molecular complexity index is 712. The van der Waals surface area contributed by atoms with Crippen molar-refractivity contribution in [1.82, 2.24) is 14.7 Å². The molecule has 160 valence electrons. The fraction of sp³-hybridized carbons (Fsp3) is 0.600. The third-order valence-corrected chi connectivity index (χ3v) is 5.41. The van der Waals surface area contributed by atoms with Crippen LogP contribution in [0.4, 0.5) is 18.9 Å². The monoisotopic (exact) mass is 412 g/mol. The average molecular weight is 412 g/mol. The molecular formula is C20H27F3N4O2. The van der Waals surface area contributed by atoms with Crippen molar-refractivity contribution in [3.05, 3.63) is 29.8 Å². The molecule has 0 spiro atoms. The number of carbonyl (C=O) groups excluding carboxylic acids is 2. The average Bonchev–Trinajstić information content (AvgIpc) is 2.69. The van der Waals surface area contributed by atoms with E-state index in [1.54, 1.807) is 0 Å². The summed E-state index contributed by atoms with van der Waals surface area (Å²) in [7, 11) is 0. The van der Waals surface area contributed by atoms with Gasteiger partial charge in [0.05, 0.1) is 24.3 Å². The topological polar surface area (TPSA) is 55.9 Å². The third kappa shape index (κ3) is 6.17. The first-order valence-corrected chi connectivity index (χ1v) is 10.0. The van der Waals surface area contributed by atoms with Crippen LogP contribution in [-0.2, 0) is 15.8 Å². The highest BCUT2D eigenvalue weighted by atomic mass is 19.4. The summed E-state index contributed by atoms with van der Waals surface area (Å²) in [5, 5.41) is 2.36. The van der Waals surface area contributed by atoms with Gasteiger partial charge in [-0.15, -0.1) is 0 Å². The van der Waals surface area contributed by atoms with Crippen molar-refractivity contribution in [2.24, 2.45) is 0 Å². The van der Waals surface area contributed by atoms with Crippen LogP contribution in [0.1, 0.15) is 24.8 Å². The van der Waals surface area contributed by atoms with Gasteiger partial charge >= 0.3 is 6.18 Å². The summed E-state index contributed by atoms with van der Waals surface area (Å²) in [4.78, 5) is 30.5. The summed E-state index contributed by atoms with van der Waals surface area (Å²) in [6.07, 6.45) is -1.04. The number of anilines is 1. The molecule has 0 bridgehead atoms. The summed E-state index contributed by atoms with van der Waals surface area (Å²) in [6, 6.07) is 4.94. The van der Waals surface area contributed by atoms with Crippen molar-refractivity contribution < 1.29 is 22.8 Å². The standard InChI is InChI=1S/C20H27F3N4O2/c21-20(22,23)16-6-2-3-7-17(16)24-18(28)14-26-10-12-27(13-11-26)19(29)15-25-8-4-1-5-9-25/h2-3,6-7H,1,4-5,8-15H2,(H,24,28). The zero-order valence-electron chi connectivity index (χ0n) is 16.4. The molecule has 0 atom stereocenters. The highest BCUT2D eigenvalue weighted by Crippen LogP contribution is 2.34. The first kappa shape index (κ1) is 21.6. The van der Waals surface area contributed by atoms with E-state index in [1.807, 2.05) is 9.80 Å². The van der Waals surface area contributed by atoms with Crippen molar-refractivity contribution >= 4 is 17.5 Å². The second-order valence-corrected chi connectivity index (χ2v) is 7.59. The minimum absolute atomic E-state index is 0.000344. The SMILES string of the molecule is O=C(CN1CCN(C(=O)CN2CCCCC2)CC1)Nc1ccccc1C(F)(F)F. The molecule has 2 amide bonds. The van der Waals surface area contributed by atoms with Gasteiger partial charge in [-0.05, 0) is 38.1 Å². The Morgan fingerprint density at radius 1 is 0.862 bits per heavy atom. The molecule has 2 fully saturated rings. The van der Waals surface area contributed by atoms with E-state index in [1.165, 1.54) is 24.6 Å². The van der Waals surface area contributed by atoms with Crippen molar-refractivity contribution in [1.29, 1.82) is 0 Å². The number of carbonyl (C=O) groups is 2. The number of alkyl halides is 3. The summed E-state index contributed by atoms with van der Waals surface area (Å²) in [5.41, 5.74) is -1.10. The molecule has 1 aromatic carbocycles. The third-order valence-electron chi connectivity index (χ3n) is 5.41. The molecule has 2 saturated heterocycles. The fourth-order valence-corrected chi connectivity index (χ4v) is 3.80. The highest BCUT2D eigenvalue weighted by molar-refractivity contribution is 5.93. The number of hydrogen-bond donors (Lipinski definition) is 1. The van der Waals surface area contributed by atoms with E-state index in [9.17, 15) is 22.8 Å². The molecule has 0 radical (unpaired) electrons. The predicted octanol–water partition coefficient (Wildman–Crippen LogP) is 2.27. The Morgan fingerprint density at radius 3 is 2.14 bits per heavy atom. The molecule has 9 heteroatoms. The number of likely N-dealkylation sites (tertiary alicyclic amines) is 1. The van der Waals surface area contributed by atoms with Gasteiger partial charge in [0.25, 0.3) is 0 Å². The maximum atomic E-state index is 13.0. The molecule has 2 aliphatic rings. The van der Waals surface area contributed by atoms with Gasteiger partial charge in [0.2, 0.25) is 11.8 Å². The molecule has 0 saturated carbocycles. The molecule has 3 rings (SSSR count). The second kappa shape index (κ2) is 9.58. The summed E-state index contributed by atoms with van der Waals surface area (Å²) in [6.45, 7) is 4.48. The van der Waals surface area contributed by atoms with Gasteiger partial charge in [-0.3, -0.25) is 19.4 Å². The minimum atomic E-state index is -4.52. The second-order valence-electron chi connectivity index (χ2n) is 7.59. The molecule has 0 aromatic heterocycles. The first-order chi connectivity index (χ1) is 13.8. The van der Waals surface area contributed by atoms with E-state index >= 15 is 0 Å². The van der Waals surface area contributed by atoms with E-state index in [0.29, 0.717) is 32.7 Å². The Kier molecular flexibility index (Phi) is 7.13. The quantitative estimate of drug-likeness (QED) is 0.806. The number of amides is 2. The van der Waals surface area contributed by atoms with Crippen molar-refractivity contribution in [3.63, 3.8) is 0 Å². The van der Waals surface area contributed by atoms with E-state index in [0.717, 1.165) is 32.0 Å². The fourth-order valence-electron chi connectivity index (χ4n) is 3.80. The number of para-hydroxylation sites is 1. The van der Waals surface area contributed by atoms with E-state index < -0.39 is 17.6 Å². The number of nitrogens with zero attached hydrogens (tertiary/aromatic N) is 3. The summed E-state index contributed by atoms with van der Waals surface area (Å²) >= 11 is 0. The van der Waals surface area contributed by atoms with Gasteiger partial charge in [0, 0.05) is 26.2 Å². The molecule has 1 N–H and O–H groups in total. The molecule has 2 heterocycles. The lowest BCUT2D eigenvalue weighted by molar-refractivity contribution is -0.137. The maximum absolute atomic E-state index is 13.0. The Labute approximate surface area is 168 Å². The number of halogens is 3. The van der Waals surface area contributed by atoms with Gasteiger partial charge < -0.3 is 10.2 Å². The number of hydrogen-bond acceptors (Lipinski definition) is 4. The smallest absolute Gasteiger partial charge is 0.339 e. The lowest BCUT2D eigenvalue weighted by atomic mass is 10.1. The zero-order valence-corrected chi connectivity index (χ0v) is 16.4. The van der Waals surface area contributed by atoms with Gasteiger partial charge in [-0.25, -0.2) is 0 Å². The Morgan fingerprint density at radius 2 is 1.48 bits per heavy atom. The zero-order chi connectivity index (χ0) is 20.9. The normalized spacial score (nSPS) is 19.2. The number of rotatable bonds is 5. The molecule has 2 aliphatic heterocycles. The van der Waals surface area contributed by atoms with Gasteiger partial charge in [0.1, 0.15) is 0 Å². The van der Waals surface area contributed by atoms with Crippen LogP contribution < -0.4 is 5.32 Å². The highest BCUT2D eigenvalue weighted by Gasteiger charge is 2.33. The van der Waals surface area contributed by atoms with Crippen LogP contribution in [0.25, 0.3) is 0 Å². The van der Waals surface area contributed by atoms with Crippen LogP contribution in [0.3, 0.4) is 0 Å². The summed E-state index contributed by atoms with van der Waals surface area (Å²) < 4.78 is 39.1. The van der Waals surface area contributed by atoms with Crippen LogP contribution in [0, 0.1) is 0 Å². The minimum Gasteiger partial charge on any atom is -0.339 e. The summed E-state index contributed by atoms with van der Waals surface area (Å²) in [5.74, 6) is -0.384. The van der Waals surface area contributed by atoms with Crippen LogP contribution in [0.15, 0.2) is 24.3 Å². The molecule has 29 heavy (non-hydrogen) atoms. The Balaban J connectivity index is 1.45. The van der Waals surface area contributed by atoms with E-state index in [-0.39, 0.29) is 18.1 Å². The first-order valence-electron chi connectivity index (χ1n) is 10.0. The Hall–Kier alpha value is -2.13. The predicted molar refractivity (Wildman–Crippen MR) is 103 cm³/mol. The molecule has 6 nitrogen and oxygen atoms in total. The van der Waals surface area contributed by atoms with Crippen LogP contribution in [0.2, 0.25) is 0 Å². The lowest BCUT2D eigenvalue weighted by Crippen LogP contribution is -2.52. The van der Waals surface area contributed by atoms with Crippen molar-refractivity contribution in [2.75, 3.05) is 57.7 Å². The van der Waals surface area contributed by atoms with Gasteiger partial charge in [0.15, 0.2) is 0 Å². The number of piperidine rings is 1. The van der Waals surface area contributed by atoms with Crippen molar-refractivity contribution in [2.45, 2.75) is 25.4 Å². The molecular weight excluding hydrogens is 385 g/mol. The van der Waals surface area contributed by atoms with Gasteiger partial charge in [-0.1, -0.05) is 18.6 Å². The van der Waals surface area contributed by atoms with Crippen LogP contribution in [-0.4, -0.2) is 78.9 Å². The van der Waals surface area contributed by atoms with Gasteiger partial charge in [-0.2, -0.15) is 13.2 Å². The van der Waals surface area contributed by atoms with E-state index in [4.69, 9.17) is 0 Å². The van der Waals surface area contributed by atoms with Crippen LogP contribution >= 0.6 is 0 Å². The van der Waals surface area contributed by atoms with Crippen LogP contribution in [0.5, 0.6) is 0 Å². The number of benzene rings is 1. The number of nitrogens with one attached hydrogen (secondary N) is 1. The lowest BCUT2D eigenvalue weighted by Gasteiger charge is -2.36. The molecule has 1 aromatic rings. The van der Waals surface area contributed by atoms with E-state index in [2.05, 4.69) is 10.2 Å². The van der Waals surface area contributed by atoms with Crippen molar-refractivity contribution in [3.8, 4) is 0 Å². The number of piperazine rings is 1. The molecule has 0 aliphatic carbocycles. The molecule has 0 unspecified atom stereocenters.